The van der Waals surface area contributed by atoms with Crippen LogP contribution in [-0.4, -0.2) is 57.6 Å². The van der Waals surface area contributed by atoms with Crippen molar-refractivity contribution in [3.8, 4) is 28.6 Å². The molecule has 1 saturated heterocycles. The summed E-state index contributed by atoms with van der Waals surface area (Å²) < 4.78 is 21.9. The summed E-state index contributed by atoms with van der Waals surface area (Å²) >= 11 is 1.39. The maximum atomic E-state index is 7.51. The molecule has 0 bridgehead atoms. The van der Waals surface area contributed by atoms with Crippen molar-refractivity contribution in [1.29, 1.82) is 0 Å². The number of hydrogen-bond donors (Lipinski definition) is 0. The number of ether oxygens (including phenoxy) is 4. The summed E-state index contributed by atoms with van der Waals surface area (Å²) in [7, 11) is 4.73. The lowest BCUT2D eigenvalue weighted by Crippen LogP contribution is -2.37. The van der Waals surface area contributed by atoms with Gasteiger partial charge in [-0.2, -0.15) is 0 Å². The first-order valence-corrected chi connectivity index (χ1v) is 10.2. The van der Waals surface area contributed by atoms with Crippen molar-refractivity contribution in [3.05, 3.63) is 29.1 Å². The number of methoxy groups -OCH3 is 3. The highest BCUT2D eigenvalue weighted by molar-refractivity contribution is 7.22. The first-order valence-electron chi connectivity index (χ1n) is 9.43. The third kappa shape index (κ3) is 3.38. The highest BCUT2D eigenvalue weighted by Gasteiger charge is 2.23. The highest BCUT2D eigenvalue weighted by Crippen LogP contribution is 2.44. The largest absolute Gasteiger partial charge is 0.493 e. The number of thiophene rings is 1. The Kier molecular flexibility index (Phi) is 5.61. The minimum absolute atomic E-state index is 0.514. The number of aromatic nitrogens is 2. The van der Waals surface area contributed by atoms with Gasteiger partial charge in [0.15, 0.2) is 17.3 Å². The number of anilines is 1. The van der Waals surface area contributed by atoms with Gasteiger partial charge in [-0.25, -0.2) is 14.8 Å². The fourth-order valence-electron chi connectivity index (χ4n) is 3.56. The van der Waals surface area contributed by atoms with E-state index in [2.05, 4.69) is 9.74 Å². The summed E-state index contributed by atoms with van der Waals surface area (Å²) in [5.74, 6) is 2.96. The van der Waals surface area contributed by atoms with Crippen molar-refractivity contribution >= 4 is 32.4 Å². The van der Waals surface area contributed by atoms with Crippen LogP contribution in [0.4, 0.5) is 10.8 Å². The van der Waals surface area contributed by atoms with Crippen molar-refractivity contribution in [2.75, 3.05) is 52.5 Å². The van der Waals surface area contributed by atoms with Gasteiger partial charge in [-0.1, -0.05) is 0 Å². The van der Waals surface area contributed by atoms with E-state index in [0.717, 1.165) is 40.3 Å². The Bertz CT molecular complexity index is 1110. The minimum Gasteiger partial charge on any atom is -0.493 e. The molecule has 0 N–H and O–H groups in total. The third-order valence-corrected chi connectivity index (χ3v) is 6.16. The highest BCUT2D eigenvalue weighted by atomic mass is 32.1. The first kappa shape index (κ1) is 20.2. The van der Waals surface area contributed by atoms with Crippen molar-refractivity contribution < 1.29 is 18.9 Å². The molecule has 1 aromatic carbocycles. The van der Waals surface area contributed by atoms with E-state index in [1.54, 1.807) is 21.3 Å². The number of nitrogens with zero attached hydrogens (tertiary/aromatic N) is 4. The first-order chi connectivity index (χ1) is 14.6. The second-order valence-corrected chi connectivity index (χ2v) is 7.69. The normalized spacial score (nSPS) is 13.9. The van der Waals surface area contributed by atoms with Crippen LogP contribution in [0.5, 0.6) is 17.2 Å². The Morgan fingerprint density at radius 2 is 1.73 bits per heavy atom. The van der Waals surface area contributed by atoms with Gasteiger partial charge in [0.05, 0.1) is 41.1 Å². The van der Waals surface area contributed by atoms with Gasteiger partial charge in [0.25, 0.3) is 0 Å². The zero-order valence-corrected chi connectivity index (χ0v) is 18.1. The van der Waals surface area contributed by atoms with Crippen molar-refractivity contribution in [3.63, 3.8) is 0 Å². The maximum absolute atomic E-state index is 7.51. The molecule has 0 radical (unpaired) electrons. The van der Waals surface area contributed by atoms with E-state index in [9.17, 15) is 0 Å². The standard InChI is InChI=1S/C21H22N4O4S/c1-12-16-19(25-6-8-29-9-7-25)23-18(24-21(16)30-20(12)22-2)13-10-14(26-3)17(28-5)15(11-13)27-4/h10-11H,6-9H2,1,3-5H3. The van der Waals surface area contributed by atoms with Crippen LogP contribution in [0.25, 0.3) is 26.4 Å². The van der Waals surface area contributed by atoms with Gasteiger partial charge in [-0.05, 0) is 24.6 Å². The number of hydrogen-bond acceptors (Lipinski definition) is 8. The molecule has 9 heteroatoms. The molecule has 0 atom stereocenters. The Morgan fingerprint density at radius 1 is 1.07 bits per heavy atom. The molecule has 1 aliphatic heterocycles. The van der Waals surface area contributed by atoms with Gasteiger partial charge >= 0.3 is 0 Å². The van der Waals surface area contributed by atoms with Crippen LogP contribution in [-0.2, 0) is 4.74 Å². The number of fused-ring (bicyclic) bond motifs is 1. The molecular formula is C21H22N4O4S. The van der Waals surface area contributed by atoms with E-state index in [0.29, 0.717) is 41.3 Å². The lowest BCUT2D eigenvalue weighted by Gasteiger charge is -2.29. The lowest BCUT2D eigenvalue weighted by atomic mass is 10.1. The summed E-state index contributed by atoms with van der Waals surface area (Å²) in [6, 6.07) is 3.67. The van der Waals surface area contributed by atoms with Crippen LogP contribution < -0.4 is 19.1 Å². The van der Waals surface area contributed by atoms with Gasteiger partial charge in [0.1, 0.15) is 10.6 Å². The number of benzene rings is 1. The second kappa shape index (κ2) is 8.34. The number of morpholine rings is 1. The molecule has 1 aliphatic rings. The maximum Gasteiger partial charge on any atom is 0.246 e. The van der Waals surface area contributed by atoms with Crippen LogP contribution in [0.1, 0.15) is 5.56 Å². The summed E-state index contributed by atoms with van der Waals surface area (Å²) in [6.07, 6.45) is 0. The number of aryl methyl sites for hydroxylation is 1. The van der Waals surface area contributed by atoms with Crippen LogP contribution >= 0.6 is 11.3 Å². The number of rotatable bonds is 5. The molecule has 8 nitrogen and oxygen atoms in total. The quantitative estimate of drug-likeness (QED) is 0.569. The molecule has 2 aromatic heterocycles. The Morgan fingerprint density at radius 3 is 2.30 bits per heavy atom. The van der Waals surface area contributed by atoms with Gasteiger partial charge < -0.3 is 23.8 Å². The average molecular weight is 426 g/mol. The van der Waals surface area contributed by atoms with Crippen molar-refractivity contribution in [1.82, 2.24) is 9.97 Å². The molecular weight excluding hydrogens is 404 g/mol. The molecule has 0 unspecified atom stereocenters. The Hall–Kier alpha value is -3.09. The van der Waals surface area contributed by atoms with Crippen LogP contribution in [0.2, 0.25) is 0 Å². The minimum atomic E-state index is 0.514. The van der Waals surface area contributed by atoms with E-state index in [1.807, 2.05) is 19.1 Å². The molecule has 30 heavy (non-hydrogen) atoms. The molecule has 0 saturated carbocycles. The average Bonchev–Trinajstić information content (AvgIpc) is 3.13. The molecule has 156 valence electrons. The summed E-state index contributed by atoms with van der Waals surface area (Å²) in [5, 5.41) is 1.57. The lowest BCUT2D eigenvalue weighted by molar-refractivity contribution is 0.122. The third-order valence-electron chi connectivity index (χ3n) is 5.08. The molecule has 3 aromatic rings. The van der Waals surface area contributed by atoms with E-state index in [-0.39, 0.29) is 0 Å². The van der Waals surface area contributed by atoms with Crippen LogP contribution in [0.3, 0.4) is 0 Å². The van der Waals surface area contributed by atoms with E-state index in [1.165, 1.54) is 11.3 Å². The van der Waals surface area contributed by atoms with Crippen LogP contribution in [0, 0.1) is 13.5 Å². The molecule has 4 rings (SSSR count). The van der Waals surface area contributed by atoms with Crippen molar-refractivity contribution in [2.24, 2.45) is 0 Å². The Balaban J connectivity index is 1.95. The Labute approximate surface area is 178 Å². The van der Waals surface area contributed by atoms with Crippen LogP contribution in [0.15, 0.2) is 12.1 Å². The predicted molar refractivity (Wildman–Crippen MR) is 117 cm³/mol. The predicted octanol–water partition coefficient (Wildman–Crippen LogP) is 4.08. The second-order valence-electron chi connectivity index (χ2n) is 6.71. The molecule has 3 heterocycles. The summed E-state index contributed by atoms with van der Waals surface area (Å²) in [5.41, 5.74) is 1.67. The SMILES string of the molecule is [C-]#[N+]c1sc2nc(-c3cc(OC)c(OC)c(OC)c3)nc(N3CCOCC3)c2c1C. The van der Waals surface area contributed by atoms with Gasteiger partial charge in [-0.3, -0.25) is 0 Å². The van der Waals surface area contributed by atoms with E-state index < -0.39 is 0 Å². The monoisotopic (exact) mass is 426 g/mol. The molecule has 0 spiro atoms. The molecule has 0 aliphatic carbocycles. The van der Waals surface area contributed by atoms with E-state index in [4.69, 9.17) is 35.5 Å². The molecule has 0 amide bonds. The summed E-state index contributed by atoms with van der Waals surface area (Å²) in [6.45, 7) is 12.2. The van der Waals surface area contributed by atoms with Crippen molar-refractivity contribution in [2.45, 2.75) is 6.92 Å². The topological polar surface area (TPSA) is 70.3 Å². The van der Waals surface area contributed by atoms with E-state index >= 15 is 0 Å². The smallest absolute Gasteiger partial charge is 0.246 e. The summed E-state index contributed by atoms with van der Waals surface area (Å²) in [4.78, 5) is 16.4. The van der Waals surface area contributed by atoms with Gasteiger partial charge in [-0.15, -0.1) is 11.3 Å². The fraction of sp³-hybridized carbons (Fsp3) is 0.381. The van der Waals surface area contributed by atoms with Gasteiger partial charge in [0.2, 0.25) is 10.8 Å². The fourth-order valence-corrected chi connectivity index (χ4v) is 4.52. The molecule has 1 fully saturated rings. The zero-order chi connectivity index (χ0) is 21.3. The zero-order valence-electron chi connectivity index (χ0n) is 17.3. The van der Waals surface area contributed by atoms with Gasteiger partial charge in [0, 0.05) is 24.0 Å².